The van der Waals surface area contributed by atoms with Gasteiger partial charge in [-0.05, 0) is 122 Å². The molecule has 0 saturated heterocycles. The van der Waals surface area contributed by atoms with Gasteiger partial charge in [-0.2, -0.15) is 0 Å². The summed E-state index contributed by atoms with van der Waals surface area (Å²) in [5.74, 6) is 1.54. The molecule has 0 radical (unpaired) electrons. The number of methoxy groups -OCH3 is 1. The summed E-state index contributed by atoms with van der Waals surface area (Å²) >= 11 is 0. The van der Waals surface area contributed by atoms with E-state index in [1.165, 1.54) is 49.6 Å². The van der Waals surface area contributed by atoms with E-state index in [-0.39, 0.29) is 35.8 Å². The van der Waals surface area contributed by atoms with E-state index in [1.807, 2.05) is 6.92 Å². The molecule has 11 heteroatoms. The molecule has 8 nitrogen and oxygen atoms in total. The van der Waals surface area contributed by atoms with Crippen molar-refractivity contribution in [1.82, 2.24) is 0 Å². The maximum absolute atomic E-state index is 13.4. The molecule has 49 heavy (non-hydrogen) atoms. The average molecular weight is 713 g/mol. The molecule has 5 aromatic rings. The van der Waals surface area contributed by atoms with Gasteiger partial charge in [-0.1, -0.05) is 42.0 Å². The summed E-state index contributed by atoms with van der Waals surface area (Å²) in [6.45, 7) is 1.89. The number of benzene rings is 5. The number of aryl methyl sites for hydroxylation is 1. The third kappa shape index (κ3) is 7.10. The van der Waals surface area contributed by atoms with Crippen LogP contribution >= 0.6 is 0 Å². The zero-order valence-corrected chi connectivity index (χ0v) is 29.1. The van der Waals surface area contributed by atoms with Crippen LogP contribution < -0.4 is 9.47 Å². The van der Waals surface area contributed by atoms with Crippen molar-refractivity contribution in [2.24, 2.45) is 0 Å². The van der Waals surface area contributed by atoms with Crippen LogP contribution in [0, 0.1) is 6.92 Å². The fraction of sp³-hybridized carbons (Fsp3) is 0.105. The summed E-state index contributed by atoms with van der Waals surface area (Å²) in [6.07, 6.45) is 3.77. The average Bonchev–Trinajstić information content (AvgIpc) is 3.12. The summed E-state index contributed by atoms with van der Waals surface area (Å²) in [5.41, 5.74) is 2.44. The predicted molar refractivity (Wildman–Crippen MR) is 187 cm³/mol. The Morgan fingerprint density at radius 3 is 1.24 bits per heavy atom. The van der Waals surface area contributed by atoms with Crippen LogP contribution in [0.4, 0.5) is 0 Å². The van der Waals surface area contributed by atoms with E-state index < -0.39 is 29.5 Å². The lowest BCUT2D eigenvalue weighted by atomic mass is 10.1. The number of rotatable bonds is 10. The molecular weight excluding hydrogens is 681 g/mol. The number of hydrogen-bond acceptors (Lipinski definition) is 8. The van der Waals surface area contributed by atoms with Crippen molar-refractivity contribution in [2.75, 3.05) is 7.11 Å². The Morgan fingerprint density at radius 2 is 0.837 bits per heavy atom. The van der Waals surface area contributed by atoms with E-state index in [2.05, 4.69) is 0 Å². The van der Waals surface area contributed by atoms with Crippen LogP contribution in [0.1, 0.15) is 18.4 Å². The standard InChI is InChI=1S/C38H32O8S3/c1-27-3-15-33(16-4-27)47(39,40)34-17-5-28(6-18-34)29-7-19-35(20-8-29)48(41,42)37-23-11-31(12-24-37)46-32-13-25-38(26-14-32)49(43,44)36-21-9-30(45-2)10-22-36/h3-13,15-25H,14,26H2,1-2H3. The van der Waals surface area contributed by atoms with E-state index in [0.29, 0.717) is 23.7 Å². The second-order valence-corrected chi connectivity index (χ2v) is 17.3. The maximum Gasteiger partial charge on any atom is 0.206 e. The Balaban J connectivity index is 1.12. The second kappa shape index (κ2) is 13.5. The first-order valence-electron chi connectivity index (χ1n) is 15.2. The Hall–Kier alpha value is -4.97. The molecule has 0 unspecified atom stereocenters. The van der Waals surface area contributed by atoms with Gasteiger partial charge >= 0.3 is 0 Å². The van der Waals surface area contributed by atoms with Gasteiger partial charge in [0.2, 0.25) is 29.5 Å². The van der Waals surface area contributed by atoms with Crippen LogP contribution in [0.5, 0.6) is 11.5 Å². The molecule has 0 bridgehead atoms. The first-order valence-corrected chi connectivity index (χ1v) is 19.7. The van der Waals surface area contributed by atoms with Crippen molar-refractivity contribution in [3.8, 4) is 22.6 Å². The largest absolute Gasteiger partial charge is 0.497 e. The van der Waals surface area contributed by atoms with Gasteiger partial charge in [0.15, 0.2) is 0 Å². The third-order valence-corrected chi connectivity index (χ3v) is 13.7. The van der Waals surface area contributed by atoms with E-state index in [1.54, 1.807) is 91.0 Å². The lowest BCUT2D eigenvalue weighted by Crippen LogP contribution is -2.09. The fourth-order valence-electron chi connectivity index (χ4n) is 5.30. The molecule has 0 spiro atoms. The summed E-state index contributed by atoms with van der Waals surface area (Å²) in [7, 11) is -9.63. The fourth-order valence-corrected chi connectivity index (χ4v) is 9.23. The summed E-state index contributed by atoms with van der Waals surface area (Å²) in [4.78, 5) is 1.05. The van der Waals surface area contributed by atoms with Crippen molar-refractivity contribution >= 4 is 29.5 Å². The maximum atomic E-state index is 13.4. The zero-order chi connectivity index (χ0) is 34.8. The zero-order valence-electron chi connectivity index (χ0n) is 26.6. The molecule has 1 aliphatic rings. The van der Waals surface area contributed by atoms with Gasteiger partial charge in [0.05, 0.1) is 31.6 Å². The van der Waals surface area contributed by atoms with E-state index in [9.17, 15) is 25.3 Å². The molecule has 0 amide bonds. The Labute approximate surface area is 286 Å². The molecular formula is C38H32O8S3. The van der Waals surface area contributed by atoms with Crippen molar-refractivity contribution < 1.29 is 34.7 Å². The van der Waals surface area contributed by atoms with Crippen molar-refractivity contribution in [3.63, 3.8) is 0 Å². The summed E-state index contributed by atoms with van der Waals surface area (Å²) < 4.78 is 89.9. The smallest absolute Gasteiger partial charge is 0.206 e. The van der Waals surface area contributed by atoms with Gasteiger partial charge in [0.25, 0.3) is 0 Å². The molecule has 0 atom stereocenters. The lowest BCUT2D eigenvalue weighted by molar-refractivity contribution is 0.401. The van der Waals surface area contributed by atoms with Gasteiger partial charge in [0, 0.05) is 11.3 Å². The highest BCUT2D eigenvalue weighted by atomic mass is 32.2. The van der Waals surface area contributed by atoms with Crippen LogP contribution in [0.3, 0.4) is 0 Å². The Morgan fingerprint density at radius 1 is 0.449 bits per heavy atom. The number of ether oxygens (including phenoxy) is 2. The first-order chi connectivity index (χ1) is 23.4. The third-order valence-electron chi connectivity index (χ3n) is 8.16. The number of hydrogen-bond donors (Lipinski definition) is 0. The second-order valence-electron chi connectivity index (χ2n) is 11.4. The molecule has 0 saturated carbocycles. The van der Waals surface area contributed by atoms with Crippen molar-refractivity contribution in [3.05, 3.63) is 150 Å². The van der Waals surface area contributed by atoms with Crippen LogP contribution in [-0.2, 0) is 29.5 Å². The predicted octanol–water partition coefficient (Wildman–Crippen LogP) is 7.75. The van der Waals surface area contributed by atoms with Gasteiger partial charge in [-0.3, -0.25) is 0 Å². The molecule has 1 aliphatic carbocycles. The number of sulfone groups is 3. The summed E-state index contributed by atoms with van der Waals surface area (Å²) in [5, 5.41) is 0. The Bertz CT molecular complexity index is 2380. The van der Waals surface area contributed by atoms with E-state index >= 15 is 0 Å². The minimum atomic E-state index is -3.84. The lowest BCUT2D eigenvalue weighted by Gasteiger charge is -2.16. The van der Waals surface area contributed by atoms with Crippen LogP contribution in [0.15, 0.2) is 169 Å². The normalized spacial score (nSPS) is 13.7. The quantitative estimate of drug-likeness (QED) is 0.144. The Kier molecular flexibility index (Phi) is 9.35. The van der Waals surface area contributed by atoms with Gasteiger partial charge in [-0.15, -0.1) is 0 Å². The van der Waals surface area contributed by atoms with Crippen LogP contribution in [0.25, 0.3) is 11.1 Å². The van der Waals surface area contributed by atoms with Crippen LogP contribution in [0.2, 0.25) is 0 Å². The molecule has 0 aliphatic heterocycles. The van der Waals surface area contributed by atoms with Crippen molar-refractivity contribution in [2.45, 2.75) is 44.2 Å². The van der Waals surface area contributed by atoms with Crippen molar-refractivity contribution in [1.29, 1.82) is 0 Å². The van der Waals surface area contributed by atoms with E-state index in [0.717, 1.165) is 16.7 Å². The highest BCUT2D eigenvalue weighted by molar-refractivity contribution is 7.95. The SMILES string of the molecule is COc1ccc(S(=O)(=O)C2=CC=C(Oc3ccc(S(=O)(=O)c4ccc(-c5ccc(S(=O)(=O)c6ccc(C)cc6)cc5)cc4)cc3)CC2)cc1. The van der Waals surface area contributed by atoms with Gasteiger partial charge < -0.3 is 9.47 Å². The molecule has 5 aromatic carbocycles. The molecule has 0 heterocycles. The highest BCUT2D eigenvalue weighted by Crippen LogP contribution is 2.32. The summed E-state index contributed by atoms with van der Waals surface area (Å²) in [6, 6.07) is 31.8. The molecule has 0 aromatic heterocycles. The van der Waals surface area contributed by atoms with Gasteiger partial charge in [0.1, 0.15) is 17.3 Å². The minimum Gasteiger partial charge on any atom is -0.497 e. The van der Waals surface area contributed by atoms with Gasteiger partial charge in [-0.25, -0.2) is 25.3 Å². The molecule has 6 rings (SSSR count). The first kappa shape index (κ1) is 33.9. The van der Waals surface area contributed by atoms with Crippen LogP contribution in [-0.4, -0.2) is 32.4 Å². The molecule has 250 valence electrons. The monoisotopic (exact) mass is 712 g/mol. The molecule has 0 fully saturated rings. The molecule has 0 N–H and O–H groups in total. The highest BCUT2D eigenvalue weighted by Gasteiger charge is 2.24. The minimum absolute atomic E-state index is 0.0867. The van der Waals surface area contributed by atoms with E-state index in [4.69, 9.17) is 9.47 Å². The number of allylic oxidation sites excluding steroid dienone is 4. The topological polar surface area (TPSA) is 121 Å².